The van der Waals surface area contributed by atoms with Crippen LogP contribution in [0.2, 0.25) is 14.8 Å². The maximum absolute atomic E-state index is 14.2. The molecule has 0 aliphatic rings. The predicted octanol–water partition coefficient (Wildman–Crippen LogP) is 17.1. The van der Waals surface area contributed by atoms with Crippen LogP contribution in [0.25, 0.3) is 52.1 Å². The Hall–Kier alpha value is -1.16. The Morgan fingerprint density at radius 1 is 0.517 bits per heavy atom. The fraction of sp³-hybridized carbons (Fsp3) is 0.381. The number of halogens is 5. The van der Waals surface area contributed by atoms with Crippen molar-refractivity contribution in [3.05, 3.63) is 83.7 Å². The van der Waals surface area contributed by atoms with Crippen LogP contribution in [0.4, 0.5) is 8.78 Å². The summed E-state index contributed by atoms with van der Waals surface area (Å²) in [5, 5.41) is 0. The zero-order chi connectivity index (χ0) is 42.1. The van der Waals surface area contributed by atoms with Gasteiger partial charge in [-0.3, -0.25) is 0 Å². The van der Waals surface area contributed by atoms with Crippen LogP contribution in [-0.4, -0.2) is 45.8 Å². The van der Waals surface area contributed by atoms with E-state index < -0.39 is 30.3 Å². The van der Waals surface area contributed by atoms with E-state index in [2.05, 4.69) is 146 Å². The summed E-state index contributed by atoms with van der Waals surface area (Å²) in [6.07, 6.45) is 13.0. The van der Waals surface area contributed by atoms with Crippen molar-refractivity contribution in [3.63, 3.8) is 0 Å². The van der Waals surface area contributed by atoms with E-state index in [1.54, 1.807) is 19.1 Å². The molecule has 0 spiro atoms. The minimum Gasteiger partial charge on any atom is -0.215 e. The number of nitrogens with zero attached hydrogens (tertiary/aromatic N) is 6. The first kappa shape index (κ1) is 49.8. The van der Waals surface area contributed by atoms with Crippen LogP contribution >= 0.6 is 117 Å². The van der Waals surface area contributed by atoms with E-state index >= 15 is 0 Å². The summed E-state index contributed by atoms with van der Waals surface area (Å²) in [5.41, 5.74) is 2.81. The van der Waals surface area contributed by atoms with Crippen LogP contribution in [0.3, 0.4) is 0 Å². The predicted molar refractivity (Wildman–Crippen MR) is 273 cm³/mol. The quantitative estimate of drug-likeness (QED) is 0.0613. The number of hydrogen-bond donors (Lipinski definition) is 0. The molecule has 0 amide bonds. The fourth-order valence-electron chi connectivity index (χ4n) is 5.92. The Morgan fingerprint density at radius 3 is 1.52 bits per heavy atom. The van der Waals surface area contributed by atoms with Crippen molar-refractivity contribution in [1.29, 1.82) is 0 Å². The molecule has 0 saturated heterocycles. The topological polar surface area (TPSA) is 77.3 Å². The summed E-state index contributed by atoms with van der Waals surface area (Å²) in [5.74, 6) is -1.13. The number of aryl methyl sites for hydroxylation is 2. The number of hydrogen-bond acceptors (Lipinski definition) is 12. The molecular formula is C42H47Br3F2N6S6Sn. The minimum atomic E-state index is -1.87. The summed E-state index contributed by atoms with van der Waals surface area (Å²) in [4.78, 5) is 24.5. The largest absolute Gasteiger partial charge is 0.230 e. The summed E-state index contributed by atoms with van der Waals surface area (Å²) >= 11 is 17.1. The van der Waals surface area contributed by atoms with Gasteiger partial charge in [0.05, 0.1) is 28.3 Å². The van der Waals surface area contributed by atoms with Gasteiger partial charge in [-0.25, -0.2) is 9.97 Å². The molecule has 0 N–H and O–H groups in total. The molecule has 0 bridgehead atoms. The molecule has 0 aliphatic carbocycles. The molecule has 8 rings (SSSR count). The molecule has 60 heavy (non-hydrogen) atoms. The van der Waals surface area contributed by atoms with Crippen molar-refractivity contribution in [2.24, 2.45) is 0 Å². The van der Waals surface area contributed by atoms with Gasteiger partial charge in [0.1, 0.15) is 41.3 Å². The fourth-order valence-corrected chi connectivity index (χ4v) is 18.1. The SMILES string of the molecule is C.CCCCCCc1ccc(-c2cc[c]([Sn]([CH3])([CH3])[CH3])s2)s1.CCCCCCc1ccc(-c2ccc(-c3nc(F)c(Br)c4nsnc34)s2)s1.Fc1nc(Br)c2nsnc2c1Br. The zero-order valence-electron chi connectivity index (χ0n) is 33.2. The number of fused-ring (bicyclic) bond motifs is 2. The number of unbranched alkanes of at least 4 members (excludes halogenated alkanes) is 6. The summed E-state index contributed by atoms with van der Waals surface area (Å²) in [7, 11) is 0. The third-order valence-corrected chi connectivity index (χ3v) is 26.5. The van der Waals surface area contributed by atoms with Gasteiger partial charge >= 0.3 is 137 Å². The van der Waals surface area contributed by atoms with Crippen LogP contribution in [-0.2, 0) is 12.8 Å². The molecule has 0 fully saturated rings. The number of rotatable bonds is 14. The minimum absolute atomic E-state index is 0. The Labute approximate surface area is 405 Å². The van der Waals surface area contributed by atoms with Gasteiger partial charge in [-0.1, -0.05) is 33.6 Å². The molecule has 0 unspecified atom stereocenters. The van der Waals surface area contributed by atoms with E-state index in [1.165, 1.54) is 82.2 Å². The summed E-state index contributed by atoms with van der Waals surface area (Å²) in [6.45, 7) is 4.51. The van der Waals surface area contributed by atoms with Crippen molar-refractivity contribution in [2.45, 2.75) is 100 Å². The monoisotopic (exact) mass is 1220 g/mol. The Morgan fingerprint density at radius 2 is 0.967 bits per heavy atom. The normalized spacial score (nSPS) is 11.4. The number of pyridine rings is 2. The number of aromatic nitrogens is 6. The molecule has 0 aliphatic heterocycles. The van der Waals surface area contributed by atoms with Crippen LogP contribution < -0.4 is 2.89 Å². The van der Waals surface area contributed by atoms with Crippen LogP contribution in [0.1, 0.15) is 82.4 Å². The molecular weight excluding hydrogens is 1180 g/mol. The maximum atomic E-state index is 14.2. The first-order valence-electron chi connectivity index (χ1n) is 19.4. The van der Waals surface area contributed by atoms with Crippen LogP contribution in [0.5, 0.6) is 0 Å². The van der Waals surface area contributed by atoms with Crippen LogP contribution in [0.15, 0.2) is 62.1 Å². The molecule has 0 radical (unpaired) electrons. The van der Waals surface area contributed by atoms with Crippen molar-refractivity contribution in [2.75, 3.05) is 0 Å². The maximum Gasteiger partial charge on any atom is 0.230 e. The molecule has 0 atom stereocenters. The molecule has 8 aromatic heterocycles. The third kappa shape index (κ3) is 13.0. The second-order valence-corrected chi connectivity index (χ2v) is 38.0. The molecule has 8 heterocycles. The molecule has 18 heteroatoms. The first-order chi connectivity index (χ1) is 28.4. The summed E-state index contributed by atoms with van der Waals surface area (Å²) in [6, 6.07) is 17.9. The standard InChI is InChI=1S/C19H17BrFN3S3.C14H17S2.C5Br2FN3S.CH4.3CH3.Sn/c1-2-3-4-5-6-11-7-8-12(25-11)13-9-10-14(26-13)16-18-17(23-27-24-18)15(20)19(21)22-16;1-2-3-4-5-7-12-9-10-14(16-12)13-8-6-11-15-13;6-1-2-3(11-12-10-2)4(7)9-5(1)8;;;;;/h7-10H,2-6H2,1H3;6,8-10H,2-5,7H2,1H3;;1H4;3*1H3;. The smallest absolute Gasteiger partial charge is 0.215 e. The number of thiophene rings is 4. The zero-order valence-corrected chi connectivity index (χ0v) is 45.7. The molecule has 0 saturated carbocycles. The third-order valence-electron chi connectivity index (χ3n) is 9.13. The van der Waals surface area contributed by atoms with Crippen molar-refractivity contribution in [3.8, 4) is 30.1 Å². The van der Waals surface area contributed by atoms with Gasteiger partial charge in [0.2, 0.25) is 11.9 Å². The van der Waals surface area contributed by atoms with Gasteiger partial charge in [-0.05, 0) is 84.9 Å². The van der Waals surface area contributed by atoms with E-state index in [-0.39, 0.29) is 16.4 Å². The van der Waals surface area contributed by atoms with E-state index in [4.69, 9.17) is 0 Å². The van der Waals surface area contributed by atoms with Crippen molar-refractivity contribution in [1.82, 2.24) is 27.5 Å². The van der Waals surface area contributed by atoms with E-state index in [0.717, 1.165) is 34.8 Å². The van der Waals surface area contributed by atoms with Gasteiger partial charge in [-0.15, -0.1) is 22.7 Å². The first-order valence-corrected chi connectivity index (χ1v) is 36.5. The Balaban J connectivity index is 0.000000182. The molecule has 320 valence electrons. The Bertz CT molecular complexity index is 2590. The van der Waals surface area contributed by atoms with Crippen LogP contribution in [0, 0.1) is 11.9 Å². The molecule has 0 aromatic carbocycles. The van der Waals surface area contributed by atoms with Gasteiger partial charge < -0.3 is 0 Å². The Kier molecular flexibility index (Phi) is 19.7. The van der Waals surface area contributed by atoms with Gasteiger partial charge in [0, 0.05) is 14.6 Å². The van der Waals surface area contributed by atoms with Gasteiger partial charge in [0.25, 0.3) is 0 Å². The van der Waals surface area contributed by atoms with E-state index in [0.29, 0.717) is 32.4 Å². The van der Waals surface area contributed by atoms with Gasteiger partial charge in [-0.2, -0.15) is 26.3 Å². The summed E-state index contributed by atoms with van der Waals surface area (Å²) < 4.78 is 46.1. The molecule has 8 aromatic rings. The second kappa shape index (κ2) is 23.7. The van der Waals surface area contributed by atoms with Gasteiger partial charge in [0.15, 0.2) is 0 Å². The average Bonchev–Trinajstić information content (AvgIpc) is 4.07. The van der Waals surface area contributed by atoms with Crippen molar-refractivity contribution >= 4 is 160 Å². The van der Waals surface area contributed by atoms with E-state index in [9.17, 15) is 8.78 Å². The second-order valence-electron chi connectivity index (χ2n) is 14.7. The van der Waals surface area contributed by atoms with E-state index in [1.807, 2.05) is 40.1 Å². The average molecular weight is 1220 g/mol. The van der Waals surface area contributed by atoms with Crippen molar-refractivity contribution < 1.29 is 8.78 Å². The molecule has 6 nitrogen and oxygen atoms in total.